The van der Waals surface area contributed by atoms with Gasteiger partial charge in [-0.2, -0.15) is 0 Å². The quantitative estimate of drug-likeness (QED) is 0.933. The molecular weight excluding hydrogens is 276 g/mol. The second kappa shape index (κ2) is 6.16. The largest absolute Gasteiger partial charge is 0.496 e. The molecule has 0 saturated carbocycles. The fraction of sp³-hybridized carbons (Fsp3) is 0.250. The predicted molar refractivity (Wildman–Crippen MR) is 79.8 cm³/mol. The van der Waals surface area contributed by atoms with Crippen molar-refractivity contribution in [2.75, 3.05) is 14.2 Å². The molecule has 3 nitrogen and oxygen atoms in total. The highest BCUT2D eigenvalue weighted by Crippen LogP contribution is 2.36. The molecule has 0 aliphatic heterocycles. The SMILES string of the molecule is COc1cc(Cl)ccc1C(O)c1cc(C)ccc1OC. The van der Waals surface area contributed by atoms with E-state index in [1.54, 1.807) is 32.4 Å². The average Bonchev–Trinajstić information content (AvgIpc) is 2.46. The monoisotopic (exact) mass is 292 g/mol. The number of aryl methyl sites for hydroxylation is 1. The Bertz CT molecular complexity index is 611. The molecule has 0 heterocycles. The van der Waals surface area contributed by atoms with Crippen LogP contribution in [0.15, 0.2) is 36.4 Å². The lowest BCUT2D eigenvalue weighted by atomic mass is 9.98. The molecule has 0 radical (unpaired) electrons. The molecule has 0 fully saturated rings. The van der Waals surface area contributed by atoms with Crippen LogP contribution < -0.4 is 9.47 Å². The van der Waals surface area contributed by atoms with E-state index in [0.717, 1.165) is 5.56 Å². The van der Waals surface area contributed by atoms with E-state index in [9.17, 15) is 5.11 Å². The molecule has 0 aliphatic carbocycles. The van der Waals surface area contributed by atoms with Gasteiger partial charge in [0.15, 0.2) is 0 Å². The van der Waals surface area contributed by atoms with E-state index in [2.05, 4.69) is 0 Å². The molecule has 2 aromatic carbocycles. The first-order valence-corrected chi connectivity index (χ1v) is 6.60. The summed E-state index contributed by atoms with van der Waals surface area (Å²) in [7, 11) is 3.13. The Balaban J connectivity index is 2.51. The van der Waals surface area contributed by atoms with E-state index in [1.165, 1.54) is 0 Å². The van der Waals surface area contributed by atoms with Crippen molar-refractivity contribution in [1.82, 2.24) is 0 Å². The summed E-state index contributed by atoms with van der Waals surface area (Å²) in [5, 5.41) is 11.2. The lowest BCUT2D eigenvalue weighted by molar-refractivity contribution is 0.209. The zero-order valence-electron chi connectivity index (χ0n) is 11.7. The van der Waals surface area contributed by atoms with Crippen molar-refractivity contribution >= 4 is 11.6 Å². The first kappa shape index (κ1) is 14.7. The van der Waals surface area contributed by atoms with Gasteiger partial charge in [0.2, 0.25) is 0 Å². The maximum absolute atomic E-state index is 10.6. The summed E-state index contributed by atoms with van der Waals surface area (Å²) in [6, 6.07) is 10.9. The highest BCUT2D eigenvalue weighted by atomic mass is 35.5. The van der Waals surface area contributed by atoms with Gasteiger partial charge in [-0.05, 0) is 31.2 Å². The van der Waals surface area contributed by atoms with Gasteiger partial charge in [0.25, 0.3) is 0 Å². The van der Waals surface area contributed by atoms with Crippen molar-refractivity contribution in [1.29, 1.82) is 0 Å². The summed E-state index contributed by atoms with van der Waals surface area (Å²) in [5.41, 5.74) is 2.40. The van der Waals surface area contributed by atoms with Crippen LogP contribution in [0.3, 0.4) is 0 Å². The van der Waals surface area contributed by atoms with Crippen LogP contribution in [-0.4, -0.2) is 19.3 Å². The van der Waals surface area contributed by atoms with Gasteiger partial charge in [-0.25, -0.2) is 0 Å². The molecular formula is C16H17ClO3. The number of methoxy groups -OCH3 is 2. The Hall–Kier alpha value is -1.71. The second-order valence-electron chi connectivity index (χ2n) is 4.53. The molecule has 0 saturated heterocycles. The molecule has 0 bridgehead atoms. The first-order chi connectivity index (χ1) is 9.56. The number of benzene rings is 2. The normalized spacial score (nSPS) is 12.1. The lowest BCUT2D eigenvalue weighted by Crippen LogP contribution is -2.05. The van der Waals surface area contributed by atoms with Crippen molar-refractivity contribution in [3.8, 4) is 11.5 Å². The molecule has 1 N–H and O–H groups in total. The van der Waals surface area contributed by atoms with E-state index in [-0.39, 0.29) is 0 Å². The van der Waals surface area contributed by atoms with Crippen molar-refractivity contribution in [3.05, 3.63) is 58.1 Å². The summed E-state index contributed by atoms with van der Waals surface area (Å²) in [6.45, 7) is 1.97. The first-order valence-electron chi connectivity index (χ1n) is 6.23. The highest BCUT2D eigenvalue weighted by molar-refractivity contribution is 6.30. The fourth-order valence-corrected chi connectivity index (χ4v) is 2.31. The van der Waals surface area contributed by atoms with E-state index < -0.39 is 6.10 Å². The van der Waals surface area contributed by atoms with Crippen LogP contribution in [0, 0.1) is 6.92 Å². The third-order valence-corrected chi connectivity index (χ3v) is 3.40. The fourth-order valence-electron chi connectivity index (χ4n) is 2.15. The number of hydrogen-bond donors (Lipinski definition) is 1. The molecule has 4 heteroatoms. The van der Waals surface area contributed by atoms with E-state index >= 15 is 0 Å². The Morgan fingerprint density at radius 1 is 0.950 bits per heavy atom. The van der Waals surface area contributed by atoms with Crippen molar-refractivity contribution in [2.45, 2.75) is 13.0 Å². The van der Waals surface area contributed by atoms with Crippen LogP contribution in [0.2, 0.25) is 5.02 Å². The third-order valence-electron chi connectivity index (χ3n) is 3.17. The number of halogens is 1. The maximum Gasteiger partial charge on any atom is 0.126 e. The van der Waals surface area contributed by atoms with Gasteiger partial charge in [0, 0.05) is 16.1 Å². The molecule has 0 amide bonds. The van der Waals surface area contributed by atoms with Crippen molar-refractivity contribution in [2.24, 2.45) is 0 Å². The van der Waals surface area contributed by atoms with E-state index in [4.69, 9.17) is 21.1 Å². The number of ether oxygens (including phenoxy) is 2. The molecule has 0 aromatic heterocycles. The van der Waals surface area contributed by atoms with Crippen molar-refractivity contribution in [3.63, 3.8) is 0 Å². The Kier molecular flexibility index (Phi) is 4.53. The van der Waals surface area contributed by atoms with E-state index in [0.29, 0.717) is 27.6 Å². The molecule has 2 rings (SSSR count). The topological polar surface area (TPSA) is 38.7 Å². The Labute approximate surface area is 123 Å². The zero-order valence-corrected chi connectivity index (χ0v) is 12.4. The third kappa shape index (κ3) is 2.89. The minimum atomic E-state index is -0.836. The van der Waals surface area contributed by atoms with Gasteiger partial charge in [-0.1, -0.05) is 29.3 Å². The average molecular weight is 293 g/mol. The molecule has 20 heavy (non-hydrogen) atoms. The minimum Gasteiger partial charge on any atom is -0.496 e. The number of aliphatic hydroxyl groups excluding tert-OH is 1. The van der Waals surface area contributed by atoms with Gasteiger partial charge >= 0.3 is 0 Å². The number of rotatable bonds is 4. The standard InChI is InChI=1S/C16H17ClO3/c1-10-4-7-14(19-2)13(8-10)16(18)12-6-5-11(17)9-15(12)20-3/h4-9,16,18H,1-3H3. The van der Waals surface area contributed by atoms with Crippen LogP contribution >= 0.6 is 11.6 Å². The van der Waals surface area contributed by atoms with Crippen LogP contribution in [0.1, 0.15) is 22.8 Å². The van der Waals surface area contributed by atoms with Gasteiger partial charge in [0.1, 0.15) is 17.6 Å². The van der Waals surface area contributed by atoms with E-state index in [1.807, 2.05) is 25.1 Å². The predicted octanol–water partition coefficient (Wildman–Crippen LogP) is 3.75. The van der Waals surface area contributed by atoms with Crippen LogP contribution in [0.4, 0.5) is 0 Å². The maximum atomic E-state index is 10.6. The van der Waals surface area contributed by atoms with Gasteiger partial charge in [-0.15, -0.1) is 0 Å². The Morgan fingerprint density at radius 2 is 1.65 bits per heavy atom. The minimum absolute atomic E-state index is 0.550. The van der Waals surface area contributed by atoms with Gasteiger partial charge < -0.3 is 14.6 Å². The molecule has 2 aromatic rings. The van der Waals surface area contributed by atoms with Gasteiger partial charge in [0.05, 0.1) is 14.2 Å². The highest BCUT2D eigenvalue weighted by Gasteiger charge is 2.19. The summed E-state index contributed by atoms with van der Waals surface area (Å²) in [5.74, 6) is 1.19. The smallest absolute Gasteiger partial charge is 0.126 e. The molecule has 106 valence electrons. The molecule has 1 unspecified atom stereocenters. The van der Waals surface area contributed by atoms with Crippen LogP contribution in [-0.2, 0) is 0 Å². The molecule has 0 spiro atoms. The summed E-state index contributed by atoms with van der Waals surface area (Å²) < 4.78 is 10.6. The summed E-state index contributed by atoms with van der Waals surface area (Å²) >= 11 is 5.94. The second-order valence-corrected chi connectivity index (χ2v) is 4.97. The zero-order chi connectivity index (χ0) is 14.7. The van der Waals surface area contributed by atoms with Crippen LogP contribution in [0.5, 0.6) is 11.5 Å². The lowest BCUT2D eigenvalue weighted by Gasteiger charge is -2.18. The molecule has 1 atom stereocenters. The number of aliphatic hydroxyl groups is 1. The summed E-state index contributed by atoms with van der Waals surface area (Å²) in [6.07, 6.45) is -0.836. The molecule has 0 aliphatic rings. The van der Waals surface area contributed by atoms with Crippen LogP contribution in [0.25, 0.3) is 0 Å². The summed E-state index contributed by atoms with van der Waals surface area (Å²) in [4.78, 5) is 0. The number of hydrogen-bond acceptors (Lipinski definition) is 3. The van der Waals surface area contributed by atoms with Gasteiger partial charge in [-0.3, -0.25) is 0 Å². The Morgan fingerprint density at radius 3 is 2.30 bits per heavy atom. The van der Waals surface area contributed by atoms with Crippen molar-refractivity contribution < 1.29 is 14.6 Å².